The Morgan fingerprint density at radius 1 is 1.47 bits per heavy atom. The summed E-state index contributed by atoms with van der Waals surface area (Å²) in [6.45, 7) is 4.17. The highest BCUT2D eigenvalue weighted by atomic mass is 32.2. The number of hydrogen-bond acceptors (Lipinski definition) is 4. The lowest BCUT2D eigenvalue weighted by atomic mass is 10.3. The van der Waals surface area contributed by atoms with E-state index in [0.717, 1.165) is 12.2 Å². The van der Waals surface area contributed by atoms with Crippen molar-refractivity contribution in [2.24, 2.45) is 0 Å². The van der Waals surface area contributed by atoms with Crippen LogP contribution in [0.4, 0.5) is 0 Å². The molecule has 0 aliphatic rings. The van der Waals surface area contributed by atoms with Gasteiger partial charge >= 0.3 is 5.97 Å². The Kier molecular flexibility index (Phi) is 8.99. The molecule has 15 heavy (non-hydrogen) atoms. The van der Waals surface area contributed by atoms with Gasteiger partial charge in [0.15, 0.2) is 0 Å². The molecule has 0 rings (SSSR count). The number of carbonyl (C=O) groups excluding carboxylic acids is 1. The highest BCUT2D eigenvalue weighted by Gasteiger charge is 2.08. The Morgan fingerprint density at radius 2 is 2.20 bits per heavy atom. The minimum absolute atomic E-state index is 0.0957. The third-order valence-corrected chi connectivity index (χ3v) is 2.61. The molecule has 0 atom stereocenters. The second kappa shape index (κ2) is 9.60. The van der Waals surface area contributed by atoms with Gasteiger partial charge in [-0.3, -0.25) is 0 Å². The van der Waals surface area contributed by atoms with Crippen molar-refractivity contribution in [1.29, 1.82) is 5.26 Å². The summed E-state index contributed by atoms with van der Waals surface area (Å²) in [5.74, 6) is 0.418. The van der Waals surface area contributed by atoms with Crippen LogP contribution in [-0.2, 0) is 9.53 Å². The standard InChI is InChI=1S/C11H17NO2S/c1-3-5-6-7-15-9-10(8-12)11(13)14-4-2/h9H,3-7H2,1-2H3. The van der Waals surface area contributed by atoms with Crippen LogP contribution >= 0.6 is 11.8 Å². The fourth-order valence-electron chi connectivity index (χ4n) is 0.907. The largest absolute Gasteiger partial charge is 0.462 e. The van der Waals surface area contributed by atoms with E-state index in [0.29, 0.717) is 6.61 Å². The predicted molar refractivity (Wildman–Crippen MR) is 62.3 cm³/mol. The molecule has 0 saturated heterocycles. The van der Waals surface area contributed by atoms with Gasteiger partial charge in [0.2, 0.25) is 0 Å². The van der Waals surface area contributed by atoms with Crippen molar-refractivity contribution < 1.29 is 9.53 Å². The summed E-state index contributed by atoms with van der Waals surface area (Å²) >= 11 is 1.49. The molecule has 0 unspecified atom stereocenters. The van der Waals surface area contributed by atoms with Gasteiger partial charge in [0.25, 0.3) is 0 Å². The molecule has 0 aliphatic carbocycles. The molecule has 0 spiro atoms. The fraction of sp³-hybridized carbons (Fsp3) is 0.636. The van der Waals surface area contributed by atoms with Gasteiger partial charge < -0.3 is 4.74 Å². The van der Waals surface area contributed by atoms with Gasteiger partial charge in [-0.05, 0) is 24.5 Å². The Bertz CT molecular complexity index is 256. The SMILES string of the molecule is CCCCCSC=C(C#N)C(=O)OCC. The van der Waals surface area contributed by atoms with Crippen molar-refractivity contribution in [3.8, 4) is 6.07 Å². The van der Waals surface area contributed by atoms with Crippen LogP contribution in [0.15, 0.2) is 11.0 Å². The number of hydrogen-bond donors (Lipinski definition) is 0. The number of rotatable bonds is 7. The fourth-order valence-corrected chi connectivity index (χ4v) is 1.71. The molecule has 0 aromatic rings. The van der Waals surface area contributed by atoms with Crippen molar-refractivity contribution in [2.75, 3.05) is 12.4 Å². The molecular weight excluding hydrogens is 210 g/mol. The van der Waals surface area contributed by atoms with Crippen molar-refractivity contribution in [2.45, 2.75) is 33.1 Å². The summed E-state index contributed by atoms with van der Waals surface area (Å²) in [6.07, 6.45) is 3.47. The normalized spacial score (nSPS) is 10.9. The Labute approximate surface area is 95.5 Å². The van der Waals surface area contributed by atoms with E-state index in [-0.39, 0.29) is 5.57 Å². The van der Waals surface area contributed by atoms with Crippen molar-refractivity contribution in [1.82, 2.24) is 0 Å². The van der Waals surface area contributed by atoms with Crippen molar-refractivity contribution >= 4 is 17.7 Å². The summed E-state index contributed by atoms with van der Waals surface area (Å²) in [5.41, 5.74) is 0.0957. The van der Waals surface area contributed by atoms with Crippen molar-refractivity contribution in [3.63, 3.8) is 0 Å². The zero-order chi connectivity index (χ0) is 11.5. The number of carbonyl (C=O) groups is 1. The molecule has 0 aromatic carbocycles. The molecule has 0 aromatic heterocycles. The van der Waals surface area contributed by atoms with Gasteiger partial charge in [0, 0.05) is 0 Å². The second-order valence-corrected chi connectivity index (χ2v) is 3.92. The quantitative estimate of drug-likeness (QED) is 0.290. The summed E-state index contributed by atoms with van der Waals surface area (Å²) in [6, 6.07) is 1.84. The summed E-state index contributed by atoms with van der Waals surface area (Å²) in [5, 5.41) is 10.3. The molecule has 0 bridgehead atoms. The third kappa shape index (κ3) is 7.03. The van der Waals surface area contributed by atoms with Crippen LogP contribution in [-0.4, -0.2) is 18.3 Å². The number of esters is 1. The Morgan fingerprint density at radius 3 is 2.73 bits per heavy atom. The van der Waals surface area contributed by atoms with Gasteiger partial charge in [-0.2, -0.15) is 5.26 Å². The zero-order valence-corrected chi connectivity index (χ0v) is 10.1. The number of nitrogens with zero attached hydrogens (tertiary/aromatic N) is 1. The van der Waals surface area contributed by atoms with E-state index in [9.17, 15) is 4.79 Å². The molecule has 4 heteroatoms. The average molecular weight is 227 g/mol. The van der Waals surface area contributed by atoms with E-state index < -0.39 is 5.97 Å². The van der Waals surface area contributed by atoms with E-state index in [1.807, 2.05) is 6.07 Å². The maximum atomic E-state index is 11.2. The lowest BCUT2D eigenvalue weighted by Crippen LogP contribution is -2.05. The van der Waals surface area contributed by atoms with Gasteiger partial charge in [-0.15, -0.1) is 11.8 Å². The molecule has 0 amide bonds. The monoisotopic (exact) mass is 227 g/mol. The highest BCUT2D eigenvalue weighted by molar-refractivity contribution is 8.02. The minimum Gasteiger partial charge on any atom is -0.462 e. The smallest absolute Gasteiger partial charge is 0.349 e. The minimum atomic E-state index is -0.525. The predicted octanol–water partition coefficient (Wildman–Crippen LogP) is 2.88. The zero-order valence-electron chi connectivity index (χ0n) is 9.28. The molecule has 0 heterocycles. The molecular formula is C11H17NO2S. The first-order valence-corrected chi connectivity index (χ1v) is 6.20. The first-order chi connectivity index (χ1) is 7.26. The summed E-state index contributed by atoms with van der Waals surface area (Å²) < 4.78 is 4.73. The third-order valence-electron chi connectivity index (χ3n) is 1.68. The van der Waals surface area contributed by atoms with Crippen LogP contribution in [0.5, 0.6) is 0 Å². The maximum Gasteiger partial charge on any atom is 0.349 e. The number of thioether (sulfide) groups is 1. The highest BCUT2D eigenvalue weighted by Crippen LogP contribution is 2.11. The average Bonchev–Trinajstić information content (AvgIpc) is 2.23. The van der Waals surface area contributed by atoms with Crippen LogP contribution in [0.25, 0.3) is 0 Å². The van der Waals surface area contributed by atoms with Crippen LogP contribution in [0.2, 0.25) is 0 Å². The van der Waals surface area contributed by atoms with E-state index >= 15 is 0 Å². The molecule has 0 fully saturated rings. The van der Waals surface area contributed by atoms with Crippen LogP contribution < -0.4 is 0 Å². The molecule has 0 radical (unpaired) electrons. The van der Waals surface area contributed by atoms with Gasteiger partial charge in [-0.25, -0.2) is 4.79 Å². The molecule has 3 nitrogen and oxygen atoms in total. The summed E-state index contributed by atoms with van der Waals surface area (Å²) in [7, 11) is 0. The lowest BCUT2D eigenvalue weighted by molar-refractivity contribution is -0.137. The Hall–Kier alpha value is -0.950. The molecule has 84 valence electrons. The van der Waals surface area contributed by atoms with Crippen LogP contribution in [0.3, 0.4) is 0 Å². The van der Waals surface area contributed by atoms with E-state index in [4.69, 9.17) is 10.00 Å². The lowest BCUT2D eigenvalue weighted by Gasteiger charge is -1.99. The Balaban J connectivity index is 3.90. The van der Waals surface area contributed by atoms with Gasteiger partial charge in [-0.1, -0.05) is 19.8 Å². The first kappa shape index (κ1) is 14.1. The molecule has 0 N–H and O–H groups in total. The number of ether oxygens (including phenoxy) is 1. The van der Waals surface area contributed by atoms with Crippen molar-refractivity contribution in [3.05, 3.63) is 11.0 Å². The second-order valence-electron chi connectivity index (χ2n) is 2.94. The topological polar surface area (TPSA) is 50.1 Å². The van der Waals surface area contributed by atoms with E-state index in [1.54, 1.807) is 12.3 Å². The van der Waals surface area contributed by atoms with Crippen LogP contribution in [0.1, 0.15) is 33.1 Å². The van der Waals surface area contributed by atoms with E-state index in [2.05, 4.69) is 6.92 Å². The number of unbranched alkanes of at least 4 members (excludes halogenated alkanes) is 2. The van der Waals surface area contributed by atoms with Gasteiger partial charge in [0.05, 0.1) is 6.61 Å². The maximum absolute atomic E-state index is 11.2. The first-order valence-electron chi connectivity index (χ1n) is 5.15. The molecule has 0 aliphatic heterocycles. The van der Waals surface area contributed by atoms with E-state index in [1.165, 1.54) is 24.6 Å². The summed E-state index contributed by atoms with van der Waals surface area (Å²) in [4.78, 5) is 11.2. The van der Waals surface area contributed by atoms with Crippen LogP contribution in [0, 0.1) is 11.3 Å². The van der Waals surface area contributed by atoms with Gasteiger partial charge in [0.1, 0.15) is 11.6 Å². The number of nitriles is 1. The molecule has 0 saturated carbocycles.